The molecule has 0 fully saturated rings. The molecule has 0 aliphatic carbocycles. The van der Waals surface area contributed by atoms with Gasteiger partial charge < -0.3 is 5.73 Å². The molecule has 88 valence electrons. The standard InChI is InChI=1S/C12H9BrClNOS/c13-8-4-9(17-6-8)5-12(16)7-1-2-10(14)11(15)3-7/h1-4,6H,5,15H2. The summed E-state index contributed by atoms with van der Waals surface area (Å²) >= 11 is 10.7. The zero-order valence-corrected chi connectivity index (χ0v) is 11.9. The van der Waals surface area contributed by atoms with Crippen LogP contribution in [-0.2, 0) is 6.42 Å². The normalized spacial score (nSPS) is 10.5. The quantitative estimate of drug-likeness (QED) is 0.678. The lowest BCUT2D eigenvalue weighted by atomic mass is 10.1. The molecule has 1 aromatic carbocycles. The second-order valence-corrected chi connectivity index (χ2v) is 5.89. The highest BCUT2D eigenvalue weighted by Gasteiger charge is 2.10. The third-order valence-corrected chi connectivity index (χ3v) is 4.32. The molecule has 0 unspecified atom stereocenters. The van der Waals surface area contributed by atoms with E-state index in [1.165, 1.54) is 0 Å². The van der Waals surface area contributed by atoms with Crippen molar-refractivity contribution >= 4 is 50.3 Å². The van der Waals surface area contributed by atoms with E-state index in [-0.39, 0.29) is 5.78 Å². The van der Waals surface area contributed by atoms with E-state index >= 15 is 0 Å². The van der Waals surface area contributed by atoms with E-state index in [0.29, 0.717) is 22.7 Å². The van der Waals surface area contributed by atoms with E-state index < -0.39 is 0 Å². The van der Waals surface area contributed by atoms with Crippen molar-refractivity contribution in [3.8, 4) is 0 Å². The van der Waals surface area contributed by atoms with Crippen molar-refractivity contribution in [2.75, 3.05) is 5.73 Å². The maximum Gasteiger partial charge on any atom is 0.168 e. The van der Waals surface area contributed by atoms with Gasteiger partial charge >= 0.3 is 0 Å². The molecule has 0 bridgehead atoms. The van der Waals surface area contributed by atoms with Gasteiger partial charge in [-0.3, -0.25) is 4.79 Å². The Balaban J connectivity index is 2.17. The third-order valence-electron chi connectivity index (χ3n) is 2.27. The Hall–Kier alpha value is -0.840. The Labute approximate surface area is 117 Å². The summed E-state index contributed by atoms with van der Waals surface area (Å²) in [5.41, 5.74) is 6.70. The molecule has 0 saturated carbocycles. The number of halogens is 2. The van der Waals surface area contributed by atoms with Crippen LogP contribution in [0.3, 0.4) is 0 Å². The van der Waals surface area contributed by atoms with Gasteiger partial charge in [0.25, 0.3) is 0 Å². The maximum atomic E-state index is 12.0. The topological polar surface area (TPSA) is 43.1 Å². The molecule has 5 heteroatoms. The minimum Gasteiger partial charge on any atom is -0.398 e. The number of Topliss-reactive ketones (excluding diaryl/α,β-unsaturated/α-hetero) is 1. The number of rotatable bonds is 3. The van der Waals surface area contributed by atoms with E-state index in [9.17, 15) is 4.79 Å². The number of nitrogen functional groups attached to an aromatic ring is 1. The van der Waals surface area contributed by atoms with Crippen molar-refractivity contribution in [1.82, 2.24) is 0 Å². The summed E-state index contributed by atoms with van der Waals surface area (Å²) in [5.74, 6) is 0.0442. The first-order valence-electron chi connectivity index (χ1n) is 4.87. The smallest absolute Gasteiger partial charge is 0.168 e. The molecule has 0 aliphatic heterocycles. The fourth-order valence-corrected chi connectivity index (χ4v) is 2.99. The molecule has 2 N–H and O–H groups in total. The first kappa shape index (κ1) is 12.6. The predicted molar refractivity (Wildman–Crippen MR) is 75.9 cm³/mol. The number of carbonyl (C=O) groups excluding carboxylic acids is 1. The minimum atomic E-state index is 0.0442. The van der Waals surface area contributed by atoms with Crippen LogP contribution in [0.2, 0.25) is 5.02 Å². The summed E-state index contributed by atoms with van der Waals surface area (Å²) in [5, 5.41) is 2.43. The van der Waals surface area contributed by atoms with E-state index in [1.54, 1.807) is 29.5 Å². The lowest BCUT2D eigenvalue weighted by molar-refractivity contribution is 0.0994. The van der Waals surface area contributed by atoms with Crippen LogP contribution in [0.25, 0.3) is 0 Å². The van der Waals surface area contributed by atoms with Gasteiger partial charge in [0.2, 0.25) is 0 Å². The molecule has 0 radical (unpaired) electrons. The first-order valence-corrected chi connectivity index (χ1v) is 6.92. The van der Waals surface area contributed by atoms with Crippen molar-refractivity contribution in [3.63, 3.8) is 0 Å². The fourth-order valence-electron chi connectivity index (χ4n) is 1.42. The number of nitrogens with two attached hydrogens (primary N) is 1. The Morgan fingerprint density at radius 3 is 2.76 bits per heavy atom. The second-order valence-electron chi connectivity index (χ2n) is 3.57. The highest BCUT2D eigenvalue weighted by molar-refractivity contribution is 9.10. The molecule has 0 amide bonds. The van der Waals surface area contributed by atoms with Crippen LogP contribution < -0.4 is 5.73 Å². The van der Waals surface area contributed by atoms with Gasteiger partial charge in [-0.25, -0.2) is 0 Å². The van der Waals surface area contributed by atoms with Gasteiger partial charge in [-0.05, 0) is 40.2 Å². The monoisotopic (exact) mass is 329 g/mol. The van der Waals surface area contributed by atoms with Crippen LogP contribution >= 0.6 is 38.9 Å². The van der Waals surface area contributed by atoms with Crippen LogP contribution in [0.15, 0.2) is 34.1 Å². The largest absolute Gasteiger partial charge is 0.398 e. The molecule has 1 aromatic heterocycles. The predicted octanol–water partition coefficient (Wildman–Crippen LogP) is 4.17. The molecule has 0 aliphatic rings. The number of anilines is 1. The van der Waals surface area contributed by atoms with Gasteiger partial charge in [0.1, 0.15) is 0 Å². The summed E-state index contributed by atoms with van der Waals surface area (Å²) in [6, 6.07) is 6.91. The zero-order valence-electron chi connectivity index (χ0n) is 8.74. The lowest BCUT2D eigenvalue weighted by Crippen LogP contribution is -2.03. The number of hydrogen-bond donors (Lipinski definition) is 1. The molecular weight excluding hydrogens is 322 g/mol. The molecular formula is C12H9BrClNOS. The average molecular weight is 331 g/mol. The van der Waals surface area contributed by atoms with Crippen LogP contribution in [-0.4, -0.2) is 5.78 Å². The summed E-state index contributed by atoms with van der Waals surface area (Å²) in [7, 11) is 0. The van der Waals surface area contributed by atoms with Crippen molar-refractivity contribution in [3.05, 3.63) is 49.6 Å². The SMILES string of the molecule is Nc1cc(C(=O)Cc2cc(Br)cs2)ccc1Cl. The molecule has 2 aromatic rings. The molecule has 17 heavy (non-hydrogen) atoms. The minimum absolute atomic E-state index is 0.0442. The van der Waals surface area contributed by atoms with Crippen LogP contribution in [0.4, 0.5) is 5.69 Å². The maximum absolute atomic E-state index is 12.0. The summed E-state index contributed by atoms with van der Waals surface area (Å²) in [4.78, 5) is 13.0. The van der Waals surface area contributed by atoms with Gasteiger partial charge in [0.05, 0.1) is 10.7 Å². The molecule has 0 atom stereocenters. The Bertz CT molecular complexity index is 567. The van der Waals surface area contributed by atoms with Gasteiger partial charge in [-0.15, -0.1) is 11.3 Å². The highest BCUT2D eigenvalue weighted by atomic mass is 79.9. The van der Waals surface area contributed by atoms with Crippen molar-refractivity contribution in [2.24, 2.45) is 0 Å². The molecule has 2 nitrogen and oxygen atoms in total. The van der Waals surface area contributed by atoms with Crippen molar-refractivity contribution < 1.29 is 4.79 Å². The molecule has 1 heterocycles. The Kier molecular flexibility index (Phi) is 3.86. The Morgan fingerprint density at radius 2 is 2.18 bits per heavy atom. The van der Waals surface area contributed by atoms with Gasteiger partial charge in [0.15, 0.2) is 5.78 Å². The lowest BCUT2D eigenvalue weighted by Gasteiger charge is -2.02. The fraction of sp³-hybridized carbons (Fsp3) is 0.0833. The Morgan fingerprint density at radius 1 is 1.41 bits per heavy atom. The van der Waals surface area contributed by atoms with Crippen molar-refractivity contribution in [2.45, 2.75) is 6.42 Å². The summed E-state index contributed by atoms with van der Waals surface area (Å²) in [6.07, 6.45) is 0.386. The van der Waals surface area contributed by atoms with E-state index in [0.717, 1.165) is 9.35 Å². The number of ketones is 1. The summed E-state index contributed by atoms with van der Waals surface area (Å²) in [6.45, 7) is 0. The zero-order chi connectivity index (χ0) is 12.4. The van der Waals surface area contributed by atoms with Gasteiger partial charge in [0, 0.05) is 26.7 Å². The van der Waals surface area contributed by atoms with Crippen LogP contribution in [0, 0.1) is 0 Å². The molecule has 2 rings (SSSR count). The second kappa shape index (κ2) is 5.21. The van der Waals surface area contributed by atoms with E-state index in [2.05, 4.69) is 15.9 Å². The van der Waals surface area contributed by atoms with Gasteiger partial charge in [-0.2, -0.15) is 0 Å². The molecule has 0 spiro atoms. The average Bonchev–Trinajstić information content (AvgIpc) is 2.68. The number of thiophene rings is 1. The van der Waals surface area contributed by atoms with Gasteiger partial charge in [-0.1, -0.05) is 11.6 Å². The number of carbonyl (C=O) groups is 1. The van der Waals surface area contributed by atoms with Crippen LogP contribution in [0.1, 0.15) is 15.2 Å². The first-order chi connectivity index (χ1) is 8.06. The summed E-state index contributed by atoms with van der Waals surface area (Å²) < 4.78 is 1.00. The van der Waals surface area contributed by atoms with E-state index in [4.69, 9.17) is 17.3 Å². The van der Waals surface area contributed by atoms with Crippen LogP contribution in [0.5, 0.6) is 0 Å². The third kappa shape index (κ3) is 3.09. The number of hydrogen-bond acceptors (Lipinski definition) is 3. The highest BCUT2D eigenvalue weighted by Crippen LogP contribution is 2.23. The van der Waals surface area contributed by atoms with Crippen molar-refractivity contribution in [1.29, 1.82) is 0 Å². The number of benzene rings is 1. The van der Waals surface area contributed by atoms with E-state index in [1.807, 2.05) is 11.4 Å². The molecule has 0 saturated heterocycles.